The van der Waals surface area contributed by atoms with Crippen LogP contribution in [0.2, 0.25) is 0 Å². The summed E-state index contributed by atoms with van der Waals surface area (Å²) in [5.74, 6) is 1.34. The van der Waals surface area contributed by atoms with Crippen LogP contribution in [-0.4, -0.2) is 32.3 Å². The van der Waals surface area contributed by atoms with Crippen LogP contribution in [-0.2, 0) is 0 Å². The van der Waals surface area contributed by atoms with E-state index in [2.05, 4.69) is 10.6 Å². The van der Waals surface area contributed by atoms with Gasteiger partial charge in [0.1, 0.15) is 12.4 Å². The summed E-state index contributed by atoms with van der Waals surface area (Å²) in [7, 11) is 0. The zero-order valence-electron chi connectivity index (χ0n) is 14.9. The van der Waals surface area contributed by atoms with Crippen molar-refractivity contribution in [2.24, 2.45) is 0 Å². The van der Waals surface area contributed by atoms with Crippen molar-refractivity contribution in [2.75, 3.05) is 31.6 Å². The standard InChI is InChI=1S/C20H27FN2O2/c1-16(2)25-20-7-4-3-6-19(20)24-15-14-22-12-5-13-23-18-10-8-17(21)9-11-18/h3-4,6-11,16,22-23H,5,12-15H2,1-2H3. The molecule has 136 valence electrons. The van der Waals surface area contributed by atoms with Crippen molar-refractivity contribution in [3.8, 4) is 11.5 Å². The fraction of sp³-hybridized carbons (Fsp3) is 0.400. The first-order valence-electron chi connectivity index (χ1n) is 8.74. The van der Waals surface area contributed by atoms with E-state index < -0.39 is 0 Å². The Bertz CT molecular complexity index is 617. The first kappa shape index (κ1) is 19.1. The van der Waals surface area contributed by atoms with Crippen LogP contribution in [0.5, 0.6) is 11.5 Å². The smallest absolute Gasteiger partial charge is 0.161 e. The molecule has 0 saturated carbocycles. The lowest BCUT2D eigenvalue weighted by Gasteiger charge is -2.15. The van der Waals surface area contributed by atoms with Gasteiger partial charge in [0.15, 0.2) is 11.5 Å². The predicted molar refractivity (Wildman–Crippen MR) is 100 cm³/mol. The van der Waals surface area contributed by atoms with Gasteiger partial charge in [-0.25, -0.2) is 4.39 Å². The van der Waals surface area contributed by atoms with Gasteiger partial charge in [-0.15, -0.1) is 0 Å². The largest absolute Gasteiger partial charge is 0.488 e. The van der Waals surface area contributed by atoms with Crippen LogP contribution < -0.4 is 20.1 Å². The summed E-state index contributed by atoms with van der Waals surface area (Å²) >= 11 is 0. The maximum Gasteiger partial charge on any atom is 0.161 e. The summed E-state index contributed by atoms with van der Waals surface area (Å²) in [5, 5.41) is 6.61. The second-order valence-electron chi connectivity index (χ2n) is 6.00. The van der Waals surface area contributed by atoms with E-state index in [0.717, 1.165) is 43.2 Å². The summed E-state index contributed by atoms with van der Waals surface area (Å²) in [6.45, 7) is 7.08. The van der Waals surface area contributed by atoms with Gasteiger partial charge < -0.3 is 20.1 Å². The number of nitrogens with one attached hydrogen (secondary N) is 2. The van der Waals surface area contributed by atoms with Crippen molar-refractivity contribution in [1.29, 1.82) is 0 Å². The van der Waals surface area contributed by atoms with Gasteiger partial charge in [-0.05, 0) is 63.2 Å². The molecular formula is C20H27FN2O2. The third-order valence-electron chi connectivity index (χ3n) is 3.45. The fourth-order valence-electron chi connectivity index (χ4n) is 2.29. The van der Waals surface area contributed by atoms with Gasteiger partial charge in [0.2, 0.25) is 0 Å². The molecule has 0 aliphatic heterocycles. The molecule has 0 aliphatic rings. The second kappa shape index (κ2) is 10.6. The maximum absolute atomic E-state index is 12.8. The molecule has 0 unspecified atom stereocenters. The molecule has 0 aromatic heterocycles. The molecule has 0 radical (unpaired) electrons. The minimum absolute atomic E-state index is 0.122. The van der Waals surface area contributed by atoms with Crippen molar-refractivity contribution < 1.29 is 13.9 Å². The summed E-state index contributed by atoms with van der Waals surface area (Å²) in [6.07, 6.45) is 1.10. The molecule has 4 nitrogen and oxygen atoms in total. The van der Waals surface area contributed by atoms with E-state index in [1.165, 1.54) is 12.1 Å². The van der Waals surface area contributed by atoms with Crippen LogP contribution in [0.1, 0.15) is 20.3 Å². The van der Waals surface area contributed by atoms with Crippen molar-refractivity contribution in [3.63, 3.8) is 0 Å². The molecule has 5 heteroatoms. The minimum atomic E-state index is -0.215. The van der Waals surface area contributed by atoms with Gasteiger partial charge in [-0.1, -0.05) is 12.1 Å². The monoisotopic (exact) mass is 346 g/mol. The van der Waals surface area contributed by atoms with Gasteiger partial charge in [0.25, 0.3) is 0 Å². The molecule has 0 spiro atoms. The zero-order chi connectivity index (χ0) is 17.9. The van der Waals surface area contributed by atoms with Crippen molar-refractivity contribution in [1.82, 2.24) is 5.32 Å². The van der Waals surface area contributed by atoms with Gasteiger partial charge in [-0.3, -0.25) is 0 Å². The maximum atomic E-state index is 12.8. The third kappa shape index (κ3) is 7.44. The average molecular weight is 346 g/mol. The minimum Gasteiger partial charge on any atom is -0.488 e. The Morgan fingerprint density at radius 1 is 0.920 bits per heavy atom. The van der Waals surface area contributed by atoms with Crippen molar-refractivity contribution >= 4 is 5.69 Å². The molecule has 2 aromatic carbocycles. The number of ether oxygens (including phenoxy) is 2. The average Bonchev–Trinajstić information content (AvgIpc) is 2.59. The van der Waals surface area contributed by atoms with E-state index in [1.54, 1.807) is 12.1 Å². The van der Waals surface area contributed by atoms with Crippen LogP contribution in [0.15, 0.2) is 48.5 Å². The molecular weight excluding hydrogens is 319 g/mol. The lowest BCUT2D eigenvalue weighted by atomic mass is 10.3. The predicted octanol–water partition coefficient (Wildman–Crippen LogP) is 4.08. The molecule has 0 heterocycles. The van der Waals surface area contributed by atoms with Crippen LogP contribution in [0.4, 0.5) is 10.1 Å². The summed E-state index contributed by atoms with van der Waals surface area (Å²) < 4.78 is 24.3. The molecule has 0 bridgehead atoms. The SMILES string of the molecule is CC(C)Oc1ccccc1OCCNCCCNc1ccc(F)cc1. The third-order valence-corrected chi connectivity index (χ3v) is 3.45. The highest BCUT2D eigenvalue weighted by Gasteiger charge is 2.05. The Morgan fingerprint density at radius 2 is 1.64 bits per heavy atom. The van der Waals surface area contributed by atoms with Gasteiger partial charge in [0, 0.05) is 18.8 Å². The Kier molecular flexibility index (Phi) is 8.05. The molecule has 2 N–H and O–H groups in total. The first-order valence-corrected chi connectivity index (χ1v) is 8.74. The lowest BCUT2D eigenvalue weighted by molar-refractivity contribution is 0.221. The van der Waals surface area contributed by atoms with E-state index in [-0.39, 0.29) is 11.9 Å². The molecule has 0 aliphatic carbocycles. The van der Waals surface area contributed by atoms with E-state index >= 15 is 0 Å². The molecule has 0 saturated heterocycles. The highest BCUT2D eigenvalue weighted by atomic mass is 19.1. The Balaban J connectivity index is 1.55. The number of anilines is 1. The highest BCUT2D eigenvalue weighted by molar-refractivity contribution is 5.42. The quantitative estimate of drug-likeness (QED) is 0.602. The highest BCUT2D eigenvalue weighted by Crippen LogP contribution is 2.27. The molecule has 25 heavy (non-hydrogen) atoms. The van der Waals surface area contributed by atoms with Gasteiger partial charge >= 0.3 is 0 Å². The van der Waals surface area contributed by atoms with Crippen LogP contribution in [0.3, 0.4) is 0 Å². The number of halogens is 1. The van der Waals surface area contributed by atoms with Crippen molar-refractivity contribution in [2.45, 2.75) is 26.4 Å². The zero-order valence-corrected chi connectivity index (χ0v) is 14.9. The summed E-state index contributed by atoms with van der Waals surface area (Å²) in [6, 6.07) is 14.1. The van der Waals surface area contributed by atoms with Crippen LogP contribution in [0, 0.1) is 5.82 Å². The number of hydrogen-bond acceptors (Lipinski definition) is 4. The number of rotatable bonds is 11. The fourth-order valence-corrected chi connectivity index (χ4v) is 2.29. The van der Waals surface area contributed by atoms with Crippen LogP contribution in [0.25, 0.3) is 0 Å². The van der Waals surface area contributed by atoms with Gasteiger partial charge in [-0.2, -0.15) is 0 Å². The Labute approximate surface area is 149 Å². The summed E-state index contributed by atoms with van der Waals surface area (Å²) in [4.78, 5) is 0. The first-order chi connectivity index (χ1) is 12.1. The topological polar surface area (TPSA) is 42.5 Å². The van der Waals surface area contributed by atoms with Crippen LogP contribution >= 0.6 is 0 Å². The number of benzene rings is 2. The van der Waals surface area contributed by atoms with E-state index in [4.69, 9.17) is 9.47 Å². The Hall–Kier alpha value is -2.27. The summed E-state index contributed by atoms with van der Waals surface area (Å²) in [5.41, 5.74) is 0.937. The molecule has 0 fully saturated rings. The molecule has 0 amide bonds. The van der Waals surface area contributed by atoms with Crippen molar-refractivity contribution in [3.05, 3.63) is 54.3 Å². The molecule has 2 rings (SSSR count). The molecule has 2 aromatic rings. The lowest BCUT2D eigenvalue weighted by Crippen LogP contribution is -2.23. The second-order valence-corrected chi connectivity index (χ2v) is 6.00. The van der Waals surface area contributed by atoms with E-state index in [1.807, 2.05) is 38.1 Å². The van der Waals surface area contributed by atoms with E-state index in [9.17, 15) is 4.39 Å². The van der Waals surface area contributed by atoms with E-state index in [0.29, 0.717) is 6.61 Å². The van der Waals surface area contributed by atoms with Gasteiger partial charge in [0.05, 0.1) is 6.10 Å². The number of para-hydroxylation sites is 2. The normalized spacial score (nSPS) is 10.7. The Morgan fingerprint density at radius 3 is 2.36 bits per heavy atom. The number of hydrogen-bond donors (Lipinski definition) is 2. The molecule has 0 atom stereocenters.